The number of nitrogens with zero attached hydrogens (tertiary/aromatic N) is 3. The number of likely N-dealkylation sites (tertiary alicyclic amines) is 1. The Morgan fingerprint density at radius 2 is 0.965 bits per heavy atom. The number of halogens is 9. The van der Waals surface area contributed by atoms with Crippen molar-refractivity contribution < 1.29 is 98.0 Å². The van der Waals surface area contributed by atoms with Crippen LogP contribution in [0, 0.1) is 27.7 Å². The van der Waals surface area contributed by atoms with E-state index in [1.165, 1.54) is 79.6 Å². The molecule has 0 unspecified atom stereocenters. The van der Waals surface area contributed by atoms with Gasteiger partial charge in [-0.3, -0.25) is 14.4 Å². The predicted octanol–water partition coefficient (Wildman–Crippen LogP) is 11.0. The summed E-state index contributed by atoms with van der Waals surface area (Å²) in [5, 5.41) is 21.1. The molecule has 3 amide bonds. The third kappa shape index (κ3) is 16.7. The van der Waals surface area contributed by atoms with E-state index in [9.17, 15) is 68.6 Å². The van der Waals surface area contributed by atoms with Crippen LogP contribution in [-0.2, 0) is 26.7 Å². The standard InChI is InChI=1S/C30H29F3N2O5.C29H29F3N2O4.C2HF3O2/c1-18-8-9-21(16-19(18)2)28(37)35(22-12-14-34(15-13-22)20(3)36)26-11-10-23(17-24(26)29(38)39)40-27-7-5-4-6-25(27)30(31,32)33;1-18-8-9-20(16-19(18)2)27(35)34(21-12-14-33-15-13-21)25-11-10-22(17-23(25)28(36)37-3)38-26-7-5-4-6-24(26)29(30,31)32;3-2(4,5)1(6)7/h4-11,16-17,22H,12-15H2,1-3H3,(H,38,39);4-11,16-17,21,33H,12-15H2,1-3H3;(H,6,7). The molecule has 0 atom stereocenters. The zero-order chi connectivity index (χ0) is 62.7. The molecule has 2 fully saturated rings. The maximum Gasteiger partial charge on any atom is 0.430 e. The number of alkyl halides is 9. The van der Waals surface area contributed by atoms with Gasteiger partial charge < -0.3 is 49.2 Å². The van der Waals surface area contributed by atoms with Crippen LogP contribution < -0.4 is 29.7 Å². The Hall–Kier alpha value is -8.93. The van der Waals surface area contributed by atoms with Gasteiger partial charge in [-0.25, -0.2) is 9.59 Å². The van der Waals surface area contributed by atoms with Crippen molar-refractivity contribution in [2.24, 2.45) is 0 Å². The molecule has 8 rings (SSSR count). The molecule has 6 aromatic rings. The number of aliphatic carboxylic acids is 1. The number of carboxylic acid groups (broad SMARTS) is 2. The zero-order valence-corrected chi connectivity index (χ0v) is 46.7. The molecule has 15 nitrogen and oxygen atoms in total. The number of ether oxygens (including phenoxy) is 3. The molecular weight excluding hydrogens is 1140 g/mol. The molecule has 2 heterocycles. The Morgan fingerprint density at radius 3 is 1.34 bits per heavy atom. The fourth-order valence-corrected chi connectivity index (χ4v) is 9.43. The second-order valence-electron chi connectivity index (χ2n) is 19.9. The van der Waals surface area contributed by atoms with Crippen LogP contribution in [0.5, 0.6) is 23.0 Å². The van der Waals surface area contributed by atoms with Crippen molar-refractivity contribution in [1.82, 2.24) is 4.90 Å². The second-order valence-corrected chi connectivity index (χ2v) is 19.9. The number of methoxy groups -OCH3 is 1. The van der Waals surface area contributed by atoms with E-state index in [4.69, 9.17) is 24.1 Å². The molecule has 3 N–H and O–H groups in total. The van der Waals surface area contributed by atoms with E-state index in [-0.39, 0.29) is 46.2 Å². The first-order valence-corrected chi connectivity index (χ1v) is 26.4. The van der Waals surface area contributed by atoms with E-state index in [2.05, 4.69) is 5.32 Å². The van der Waals surface area contributed by atoms with E-state index in [1.807, 2.05) is 45.9 Å². The smallest absolute Gasteiger partial charge is 0.430 e. The number of benzene rings is 6. The molecule has 24 heteroatoms. The van der Waals surface area contributed by atoms with Gasteiger partial charge in [0.25, 0.3) is 11.8 Å². The van der Waals surface area contributed by atoms with Gasteiger partial charge in [0.1, 0.15) is 29.0 Å². The first kappa shape index (κ1) is 65.2. The number of carboxylic acids is 2. The van der Waals surface area contributed by atoms with Crippen LogP contribution in [0.25, 0.3) is 0 Å². The molecule has 2 aliphatic heterocycles. The lowest BCUT2D eigenvalue weighted by Crippen LogP contribution is -2.87. The van der Waals surface area contributed by atoms with Crippen molar-refractivity contribution in [2.45, 2.75) is 90.9 Å². The summed E-state index contributed by atoms with van der Waals surface area (Å²) in [6, 6.07) is 27.8. The van der Waals surface area contributed by atoms with E-state index in [1.54, 1.807) is 28.0 Å². The summed E-state index contributed by atoms with van der Waals surface area (Å²) in [4.78, 5) is 78.5. The normalized spacial score (nSPS) is 13.9. The van der Waals surface area contributed by atoms with Crippen LogP contribution in [-0.4, -0.2) is 97.2 Å². The summed E-state index contributed by atoms with van der Waals surface area (Å²) in [5.41, 5.74) is 2.96. The number of aryl methyl sites for hydroxylation is 4. The number of para-hydroxylation sites is 2. The van der Waals surface area contributed by atoms with Gasteiger partial charge in [0.2, 0.25) is 5.91 Å². The van der Waals surface area contributed by atoms with Crippen LogP contribution in [0.2, 0.25) is 0 Å². The summed E-state index contributed by atoms with van der Waals surface area (Å²) in [6.07, 6.45) is -12.2. The summed E-state index contributed by atoms with van der Waals surface area (Å²) in [5.74, 6) is -6.84. The maximum atomic E-state index is 13.9. The van der Waals surface area contributed by atoms with Gasteiger partial charge >= 0.3 is 30.5 Å². The Balaban J connectivity index is 0.000000245. The lowest BCUT2D eigenvalue weighted by atomic mass is 9.98. The molecule has 0 aromatic heterocycles. The lowest BCUT2D eigenvalue weighted by molar-refractivity contribution is -0.662. The molecular formula is C61H59F9N4O11. The molecule has 452 valence electrons. The first-order chi connectivity index (χ1) is 39.9. The molecule has 85 heavy (non-hydrogen) atoms. The molecule has 0 radical (unpaired) electrons. The zero-order valence-electron chi connectivity index (χ0n) is 46.7. The fraction of sp³-hybridized carbons (Fsp3) is 0.311. The Labute approximate surface area is 482 Å². The topological polar surface area (TPSA) is 200 Å². The Morgan fingerprint density at radius 1 is 0.565 bits per heavy atom. The van der Waals surface area contributed by atoms with Crippen LogP contribution in [0.3, 0.4) is 0 Å². The summed E-state index contributed by atoms with van der Waals surface area (Å²) >= 11 is 0. The average Bonchev–Trinajstić information content (AvgIpc) is 2.12. The highest BCUT2D eigenvalue weighted by Gasteiger charge is 2.38. The van der Waals surface area contributed by atoms with Crippen molar-refractivity contribution in [2.75, 3.05) is 43.1 Å². The number of nitrogens with two attached hydrogens (primary N) is 1. The van der Waals surface area contributed by atoms with Gasteiger partial charge in [0.05, 0.1) is 53.8 Å². The van der Waals surface area contributed by atoms with Crippen molar-refractivity contribution in [3.63, 3.8) is 0 Å². The van der Waals surface area contributed by atoms with Crippen LogP contribution in [0.4, 0.5) is 50.9 Å². The molecule has 0 bridgehead atoms. The highest BCUT2D eigenvalue weighted by Crippen LogP contribution is 2.42. The highest BCUT2D eigenvalue weighted by molar-refractivity contribution is 6.11. The summed E-state index contributed by atoms with van der Waals surface area (Å²) in [7, 11) is 1.21. The molecule has 2 saturated heterocycles. The van der Waals surface area contributed by atoms with Crippen LogP contribution >= 0.6 is 0 Å². The molecule has 0 aliphatic carbocycles. The number of hydrogen-bond donors (Lipinski definition) is 2. The van der Waals surface area contributed by atoms with Crippen molar-refractivity contribution in [1.29, 1.82) is 0 Å². The van der Waals surface area contributed by atoms with E-state index >= 15 is 0 Å². The number of hydrogen-bond acceptors (Lipinski definition) is 10. The first-order valence-electron chi connectivity index (χ1n) is 26.4. The fourth-order valence-electron chi connectivity index (χ4n) is 9.43. The number of esters is 1. The van der Waals surface area contributed by atoms with Crippen LogP contribution in [0.1, 0.15) is 107 Å². The molecule has 6 aromatic carbocycles. The minimum atomic E-state index is -5.19. The quantitative estimate of drug-likeness (QED) is 0.0873. The van der Waals surface area contributed by atoms with Gasteiger partial charge in [0.15, 0.2) is 0 Å². The number of carbonyl (C=O) groups is 6. The predicted molar refractivity (Wildman–Crippen MR) is 291 cm³/mol. The van der Waals surface area contributed by atoms with Gasteiger partial charge in [-0.2, -0.15) is 39.5 Å². The Kier molecular flexibility index (Phi) is 21.2. The largest absolute Gasteiger partial charge is 0.542 e. The number of amides is 3. The molecule has 2 aliphatic rings. The van der Waals surface area contributed by atoms with Gasteiger partial charge in [0, 0.05) is 56.1 Å². The van der Waals surface area contributed by atoms with E-state index in [0.29, 0.717) is 55.6 Å². The maximum absolute atomic E-state index is 13.9. The second kappa shape index (κ2) is 27.6. The van der Waals surface area contributed by atoms with Crippen molar-refractivity contribution in [3.8, 4) is 23.0 Å². The van der Waals surface area contributed by atoms with Gasteiger partial charge in [-0.1, -0.05) is 36.4 Å². The minimum Gasteiger partial charge on any atom is -0.542 e. The molecule has 0 saturated carbocycles. The van der Waals surface area contributed by atoms with Crippen molar-refractivity contribution >= 4 is 47.0 Å². The SMILES string of the molecule is CC(=O)N1CCC(N(C(=O)c2ccc(C)c(C)c2)c2ccc(Oc3ccccc3C(F)(F)F)cc2C(=O)O)CC1.COC(=O)c1cc(Oc2ccccc2C(F)(F)F)ccc1N(C(=O)c1ccc(C)c(C)c1)C1CC[NH2+]CC1.O=C([O-])C(F)(F)F. The number of rotatable bonds is 12. The summed E-state index contributed by atoms with van der Waals surface area (Å²) in [6.45, 7) is 11.6. The minimum absolute atomic E-state index is 0.0152. The van der Waals surface area contributed by atoms with Gasteiger partial charge in [-0.05, 0) is 148 Å². The average molecular weight is 1200 g/mol. The number of aromatic carboxylic acids is 1. The Bertz CT molecular complexity index is 3430. The number of quaternary nitrogens is 1. The monoisotopic (exact) mass is 1190 g/mol. The number of piperidine rings is 2. The van der Waals surface area contributed by atoms with Gasteiger partial charge in [-0.15, -0.1) is 0 Å². The van der Waals surface area contributed by atoms with Crippen LogP contribution in [0.15, 0.2) is 121 Å². The third-order valence-electron chi connectivity index (χ3n) is 14.2. The van der Waals surface area contributed by atoms with E-state index in [0.717, 1.165) is 59.6 Å². The van der Waals surface area contributed by atoms with Crippen molar-refractivity contribution in [3.05, 3.63) is 177 Å². The third-order valence-corrected chi connectivity index (χ3v) is 14.2. The number of anilines is 2. The lowest BCUT2D eigenvalue weighted by Gasteiger charge is -2.39. The highest BCUT2D eigenvalue weighted by atomic mass is 19.4. The van der Waals surface area contributed by atoms with E-state index < -0.39 is 71.0 Å². The molecule has 0 spiro atoms. The summed E-state index contributed by atoms with van der Waals surface area (Å²) < 4.78 is 129. The number of carbonyl (C=O) groups excluding carboxylic acids is 5.